The van der Waals surface area contributed by atoms with Crippen molar-refractivity contribution >= 4 is 5.97 Å². The predicted octanol–water partition coefficient (Wildman–Crippen LogP) is 2.19. The van der Waals surface area contributed by atoms with Crippen molar-refractivity contribution in [3.8, 4) is 5.75 Å². The third kappa shape index (κ3) is 3.77. The van der Waals surface area contributed by atoms with E-state index in [9.17, 15) is 4.79 Å². The van der Waals surface area contributed by atoms with Crippen LogP contribution >= 0.6 is 0 Å². The molecule has 1 N–H and O–H groups in total. The zero-order valence-corrected chi connectivity index (χ0v) is 10.3. The summed E-state index contributed by atoms with van der Waals surface area (Å²) in [6.07, 6.45) is 8.03. The maximum absolute atomic E-state index is 11.0. The summed E-state index contributed by atoms with van der Waals surface area (Å²) in [5, 5.41) is 8.99. The highest BCUT2D eigenvalue weighted by Gasteiger charge is 2.10. The first-order valence-electron chi connectivity index (χ1n) is 5.96. The number of nitrogens with zero attached hydrogens (tertiary/aromatic N) is 2. The number of aromatic carboxylic acids is 1. The molecule has 2 heterocycles. The van der Waals surface area contributed by atoms with Crippen LogP contribution in [0.2, 0.25) is 0 Å². The third-order valence-electron chi connectivity index (χ3n) is 2.63. The quantitative estimate of drug-likeness (QED) is 0.804. The van der Waals surface area contributed by atoms with Crippen molar-refractivity contribution in [3.05, 3.63) is 54.1 Å². The fourth-order valence-corrected chi connectivity index (χ4v) is 1.68. The van der Waals surface area contributed by atoms with Gasteiger partial charge in [-0.1, -0.05) is 0 Å². The van der Waals surface area contributed by atoms with Gasteiger partial charge in [-0.15, -0.1) is 0 Å². The van der Waals surface area contributed by atoms with Gasteiger partial charge in [-0.05, 0) is 36.6 Å². The molecule has 98 valence electrons. The normalized spacial score (nSPS) is 10.1. The number of aryl methyl sites for hydroxylation is 1. The van der Waals surface area contributed by atoms with E-state index in [-0.39, 0.29) is 5.56 Å². The summed E-state index contributed by atoms with van der Waals surface area (Å²) in [5.41, 5.74) is 1.32. The Morgan fingerprint density at radius 3 is 2.63 bits per heavy atom. The Bertz CT molecular complexity index is 543. The van der Waals surface area contributed by atoms with Crippen molar-refractivity contribution in [1.82, 2.24) is 9.97 Å². The Kier molecular flexibility index (Phi) is 4.44. The molecule has 0 bridgehead atoms. The molecule has 0 aliphatic carbocycles. The number of hydrogen-bond donors (Lipinski definition) is 1. The number of carbonyl (C=O) groups is 1. The third-order valence-corrected chi connectivity index (χ3v) is 2.63. The largest absolute Gasteiger partial charge is 0.491 e. The SMILES string of the molecule is O=C(O)c1ccncc1OCCCc1ccncc1. The van der Waals surface area contributed by atoms with Gasteiger partial charge in [0.2, 0.25) is 0 Å². The van der Waals surface area contributed by atoms with E-state index in [2.05, 4.69) is 9.97 Å². The fraction of sp³-hybridized carbons (Fsp3) is 0.214. The molecular formula is C14H14N2O3. The van der Waals surface area contributed by atoms with Crippen molar-refractivity contribution in [2.24, 2.45) is 0 Å². The van der Waals surface area contributed by atoms with Crippen LogP contribution in [0, 0.1) is 0 Å². The number of pyridine rings is 2. The molecule has 5 heteroatoms. The first-order valence-corrected chi connectivity index (χ1v) is 5.96. The number of carboxylic acids is 1. The molecule has 0 radical (unpaired) electrons. The summed E-state index contributed by atoms with van der Waals surface area (Å²) in [7, 11) is 0. The molecule has 2 aromatic rings. The van der Waals surface area contributed by atoms with Crippen LogP contribution in [0.5, 0.6) is 5.75 Å². The van der Waals surface area contributed by atoms with Crippen LogP contribution in [0.1, 0.15) is 22.3 Å². The standard InChI is InChI=1S/C14H14N2O3/c17-14(18)12-5-8-16-10-13(12)19-9-1-2-11-3-6-15-7-4-11/h3-8,10H,1-2,9H2,(H,17,18). The second-order valence-corrected chi connectivity index (χ2v) is 3.98. The minimum Gasteiger partial charge on any atom is -0.491 e. The highest BCUT2D eigenvalue weighted by molar-refractivity contribution is 5.90. The van der Waals surface area contributed by atoms with E-state index in [0.717, 1.165) is 12.8 Å². The molecule has 2 rings (SSSR count). The zero-order chi connectivity index (χ0) is 13.5. The molecule has 0 unspecified atom stereocenters. The molecule has 0 amide bonds. The van der Waals surface area contributed by atoms with Gasteiger partial charge >= 0.3 is 5.97 Å². The predicted molar refractivity (Wildman–Crippen MR) is 69.2 cm³/mol. The molecule has 19 heavy (non-hydrogen) atoms. The second kappa shape index (κ2) is 6.49. The molecule has 0 saturated carbocycles. The molecule has 0 aliphatic heterocycles. The maximum Gasteiger partial charge on any atom is 0.339 e. The van der Waals surface area contributed by atoms with Crippen molar-refractivity contribution < 1.29 is 14.6 Å². The molecule has 0 aliphatic rings. The van der Waals surface area contributed by atoms with E-state index >= 15 is 0 Å². The first-order chi connectivity index (χ1) is 9.27. The number of hydrogen-bond acceptors (Lipinski definition) is 4. The van der Waals surface area contributed by atoms with Crippen LogP contribution in [0.15, 0.2) is 43.0 Å². The zero-order valence-electron chi connectivity index (χ0n) is 10.3. The van der Waals surface area contributed by atoms with Gasteiger partial charge in [0.25, 0.3) is 0 Å². The van der Waals surface area contributed by atoms with Gasteiger partial charge in [-0.25, -0.2) is 4.79 Å². The van der Waals surface area contributed by atoms with E-state index in [0.29, 0.717) is 12.4 Å². The van der Waals surface area contributed by atoms with Gasteiger partial charge in [-0.3, -0.25) is 9.97 Å². The molecule has 2 aromatic heterocycles. The van der Waals surface area contributed by atoms with Gasteiger partial charge in [0, 0.05) is 18.6 Å². The van der Waals surface area contributed by atoms with Crippen LogP contribution in [-0.2, 0) is 6.42 Å². The highest BCUT2D eigenvalue weighted by atomic mass is 16.5. The first kappa shape index (κ1) is 13.0. The van der Waals surface area contributed by atoms with E-state index < -0.39 is 5.97 Å². The van der Waals surface area contributed by atoms with Crippen LogP contribution < -0.4 is 4.74 Å². The van der Waals surface area contributed by atoms with Gasteiger partial charge < -0.3 is 9.84 Å². The number of aromatic nitrogens is 2. The summed E-state index contributed by atoms with van der Waals surface area (Å²) >= 11 is 0. The lowest BCUT2D eigenvalue weighted by Gasteiger charge is -2.08. The average Bonchev–Trinajstić information content (AvgIpc) is 2.45. The fourth-order valence-electron chi connectivity index (χ4n) is 1.68. The molecule has 0 spiro atoms. The molecular weight excluding hydrogens is 244 g/mol. The Balaban J connectivity index is 1.85. The minimum atomic E-state index is -1.01. The monoisotopic (exact) mass is 258 g/mol. The molecule has 0 aromatic carbocycles. The van der Waals surface area contributed by atoms with Crippen molar-refractivity contribution in [3.63, 3.8) is 0 Å². The number of ether oxygens (including phenoxy) is 1. The average molecular weight is 258 g/mol. The van der Waals surface area contributed by atoms with Crippen LogP contribution in [0.3, 0.4) is 0 Å². The van der Waals surface area contributed by atoms with E-state index in [1.165, 1.54) is 24.0 Å². The van der Waals surface area contributed by atoms with E-state index in [1.54, 1.807) is 12.4 Å². The van der Waals surface area contributed by atoms with E-state index in [4.69, 9.17) is 9.84 Å². The van der Waals surface area contributed by atoms with Crippen molar-refractivity contribution in [1.29, 1.82) is 0 Å². The highest BCUT2D eigenvalue weighted by Crippen LogP contribution is 2.16. The Hall–Kier alpha value is -2.43. The van der Waals surface area contributed by atoms with Gasteiger partial charge in [0.1, 0.15) is 5.56 Å². The summed E-state index contributed by atoms with van der Waals surface area (Å²) in [5.74, 6) is -0.698. The molecule has 0 fully saturated rings. The minimum absolute atomic E-state index is 0.138. The summed E-state index contributed by atoms with van der Waals surface area (Å²) < 4.78 is 5.46. The van der Waals surface area contributed by atoms with Crippen molar-refractivity contribution in [2.75, 3.05) is 6.61 Å². The summed E-state index contributed by atoms with van der Waals surface area (Å²) in [6.45, 7) is 0.453. The Labute approximate surface area is 110 Å². The van der Waals surface area contributed by atoms with Crippen LogP contribution in [0.25, 0.3) is 0 Å². The van der Waals surface area contributed by atoms with E-state index in [1.807, 2.05) is 12.1 Å². The molecule has 0 saturated heterocycles. The lowest BCUT2D eigenvalue weighted by atomic mass is 10.1. The van der Waals surface area contributed by atoms with Crippen LogP contribution in [0.4, 0.5) is 0 Å². The lowest BCUT2D eigenvalue weighted by molar-refractivity contribution is 0.0692. The lowest BCUT2D eigenvalue weighted by Crippen LogP contribution is -2.05. The number of rotatable bonds is 6. The van der Waals surface area contributed by atoms with Crippen LogP contribution in [-0.4, -0.2) is 27.7 Å². The van der Waals surface area contributed by atoms with Gasteiger partial charge in [0.05, 0.1) is 12.8 Å². The Morgan fingerprint density at radius 2 is 1.89 bits per heavy atom. The van der Waals surface area contributed by atoms with Crippen molar-refractivity contribution in [2.45, 2.75) is 12.8 Å². The molecule has 5 nitrogen and oxygen atoms in total. The summed E-state index contributed by atoms with van der Waals surface area (Å²) in [6, 6.07) is 5.33. The van der Waals surface area contributed by atoms with Gasteiger partial charge in [0.15, 0.2) is 5.75 Å². The topological polar surface area (TPSA) is 72.3 Å². The molecule has 0 atom stereocenters. The van der Waals surface area contributed by atoms with Gasteiger partial charge in [-0.2, -0.15) is 0 Å². The summed E-state index contributed by atoms with van der Waals surface area (Å²) in [4.78, 5) is 18.8. The Morgan fingerprint density at radius 1 is 1.16 bits per heavy atom. The number of carboxylic acid groups (broad SMARTS) is 1. The second-order valence-electron chi connectivity index (χ2n) is 3.98. The smallest absolute Gasteiger partial charge is 0.339 e. The maximum atomic E-state index is 11.0.